The number of likely N-dealkylation sites (tertiary alicyclic amines) is 1. The van der Waals surface area contributed by atoms with Crippen molar-refractivity contribution in [2.75, 3.05) is 6.54 Å². The molecule has 1 N–H and O–H groups in total. The average Bonchev–Trinajstić information content (AvgIpc) is 2.82. The van der Waals surface area contributed by atoms with Gasteiger partial charge >= 0.3 is 0 Å². The Hall–Kier alpha value is -3.45. The Morgan fingerprint density at radius 2 is 1.44 bits per heavy atom. The molecule has 0 aromatic heterocycles. The van der Waals surface area contributed by atoms with Crippen molar-refractivity contribution in [2.24, 2.45) is 0 Å². The van der Waals surface area contributed by atoms with Crippen molar-refractivity contribution in [3.8, 4) is 0 Å². The lowest BCUT2D eigenvalue weighted by molar-refractivity contribution is -0.156. The van der Waals surface area contributed by atoms with Gasteiger partial charge in [-0.05, 0) is 43.0 Å². The highest BCUT2D eigenvalue weighted by atomic mass is 32.2. The van der Waals surface area contributed by atoms with E-state index in [1.54, 1.807) is 32.0 Å². The van der Waals surface area contributed by atoms with Crippen molar-refractivity contribution in [3.63, 3.8) is 0 Å². The van der Waals surface area contributed by atoms with Gasteiger partial charge in [-0.25, -0.2) is 13.1 Å². The summed E-state index contributed by atoms with van der Waals surface area (Å²) in [6.45, 7) is 3.70. The summed E-state index contributed by atoms with van der Waals surface area (Å²) in [5.74, 6) is -1.04. The van der Waals surface area contributed by atoms with Crippen molar-refractivity contribution in [1.82, 2.24) is 9.62 Å². The minimum absolute atomic E-state index is 0.0531. The molecule has 4 rings (SSSR count). The van der Waals surface area contributed by atoms with Crippen molar-refractivity contribution in [3.05, 3.63) is 102 Å². The monoisotopic (exact) mass is 476 g/mol. The number of sulfonamides is 1. The standard InChI is InChI=1S/C27H28N2O4S/c1-20-11-9-10-16-24(20)34(32,33)28-26(31)27(2)17-18-29(27)25(30)19-23(21-12-5-3-6-13-21)22-14-7-4-8-15-22/h3-16,23H,17-19H2,1-2H3,(H,28,31). The van der Waals surface area contributed by atoms with Gasteiger partial charge in [0.15, 0.2) is 0 Å². The second kappa shape index (κ2) is 9.43. The smallest absolute Gasteiger partial charge is 0.264 e. The molecule has 0 spiro atoms. The van der Waals surface area contributed by atoms with Gasteiger partial charge in [0.2, 0.25) is 5.91 Å². The fourth-order valence-electron chi connectivity index (χ4n) is 4.42. The zero-order valence-electron chi connectivity index (χ0n) is 19.3. The molecular formula is C27H28N2O4S. The molecule has 0 radical (unpaired) electrons. The Morgan fingerprint density at radius 3 is 1.94 bits per heavy atom. The van der Waals surface area contributed by atoms with Gasteiger partial charge < -0.3 is 4.90 Å². The first-order valence-corrected chi connectivity index (χ1v) is 12.7. The molecule has 1 atom stereocenters. The van der Waals surface area contributed by atoms with Crippen molar-refractivity contribution >= 4 is 21.8 Å². The van der Waals surface area contributed by atoms with Gasteiger partial charge in [-0.2, -0.15) is 0 Å². The van der Waals surface area contributed by atoms with E-state index in [4.69, 9.17) is 0 Å². The summed E-state index contributed by atoms with van der Waals surface area (Å²) < 4.78 is 27.9. The minimum atomic E-state index is -4.05. The summed E-state index contributed by atoms with van der Waals surface area (Å²) in [6, 6.07) is 26.0. The maximum Gasteiger partial charge on any atom is 0.264 e. The molecule has 1 saturated heterocycles. The zero-order chi connectivity index (χ0) is 24.3. The number of benzene rings is 3. The molecule has 3 aromatic rings. The largest absolute Gasteiger partial charge is 0.328 e. The van der Waals surface area contributed by atoms with Crippen LogP contribution in [0.1, 0.15) is 42.4 Å². The highest BCUT2D eigenvalue weighted by Gasteiger charge is 2.50. The predicted octanol–water partition coefficient (Wildman–Crippen LogP) is 4.01. The number of nitrogens with one attached hydrogen (secondary N) is 1. The second-order valence-corrected chi connectivity index (χ2v) is 10.5. The molecule has 6 nitrogen and oxygen atoms in total. The Labute approximate surface area is 200 Å². The molecule has 3 aromatic carbocycles. The summed E-state index contributed by atoms with van der Waals surface area (Å²) >= 11 is 0. The van der Waals surface area contributed by atoms with Crippen molar-refractivity contribution in [2.45, 2.75) is 43.0 Å². The van der Waals surface area contributed by atoms with Crippen LogP contribution in [0.25, 0.3) is 0 Å². The van der Waals surface area contributed by atoms with E-state index < -0.39 is 21.5 Å². The van der Waals surface area contributed by atoms with Gasteiger partial charge in [0, 0.05) is 18.9 Å². The lowest BCUT2D eigenvalue weighted by atomic mass is 9.83. The van der Waals surface area contributed by atoms with Crippen LogP contribution >= 0.6 is 0 Å². The molecule has 1 heterocycles. The van der Waals surface area contributed by atoms with Gasteiger partial charge in [-0.1, -0.05) is 78.9 Å². The van der Waals surface area contributed by atoms with E-state index >= 15 is 0 Å². The van der Waals surface area contributed by atoms with Crippen LogP contribution in [0, 0.1) is 6.92 Å². The summed E-state index contributed by atoms with van der Waals surface area (Å²) in [4.78, 5) is 28.0. The summed E-state index contributed by atoms with van der Waals surface area (Å²) in [7, 11) is -4.05. The third-order valence-electron chi connectivity index (χ3n) is 6.60. The number of nitrogens with zero attached hydrogens (tertiary/aromatic N) is 1. The van der Waals surface area contributed by atoms with Gasteiger partial charge in [-0.15, -0.1) is 0 Å². The van der Waals surface area contributed by atoms with E-state index in [9.17, 15) is 18.0 Å². The molecule has 2 amide bonds. The van der Waals surface area contributed by atoms with E-state index in [0.29, 0.717) is 18.5 Å². The lowest BCUT2D eigenvalue weighted by Gasteiger charge is -2.49. The minimum Gasteiger partial charge on any atom is -0.328 e. The third kappa shape index (κ3) is 4.61. The van der Waals surface area contributed by atoms with Crippen molar-refractivity contribution < 1.29 is 18.0 Å². The van der Waals surface area contributed by atoms with Gasteiger partial charge in [-0.3, -0.25) is 9.59 Å². The van der Waals surface area contributed by atoms with Gasteiger partial charge in [0.05, 0.1) is 4.90 Å². The molecule has 176 valence electrons. The molecular weight excluding hydrogens is 448 g/mol. The quantitative estimate of drug-likeness (QED) is 0.558. The van der Waals surface area contributed by atoms with Crippen LogP contribution in [0.4, 0.5) is 0 Å². The average molecular weight is 477 g/mol. The molecule has 1 fully saturated rings. The van der Waals surface area contributed by atoms with Crippen LogP contribution in [0.5, 0.6) is 0 Å². The van der Waals surface area contributed by atoms with Crippen LogP contribution in [0.2, 0.25) is 0 Å². The maximum atomic E-state index is 13.4. The Kier molecular flexibility index (Phi) is 6.57. The van der Waals surface area contributed by atoms with Gasteiger partial charge in [0.25, 0.3) is 15.9 Å². The van der Waals surface area contributed by atoms with Gasteiger partial charge in [0.1, 0.15) is 5.54 Å². The Morgan fingerprint density at radius 1 is 0.912 bits per heavy atom. The number of carbonyl (C=O) groups is 2. The summed E-state index contributed by atoms with van der Waals surface area (Å²) in [5, 5.41) is 0. The van der Waals surface area contributed by atoms with Crippen LogP contribution in [0.15, 0.2) is 89.8 Å². The van der Waals surface area contributed by atoms with E-state index in [1.165, 1.54) is 11.0 Å². The number of carbonyl (C=O) groups excluding carboxylic acids is 2. The lowest BCUT2D eigenvalue weighted by Crippen LogP contribution is -2.67. The van der Waals surface area contributed by atoms with E-state index in [2.05, 4.69) is 4.72 Å². The first kappa shape index (κ1) is 23.7. The molecule has 0 saturated carbocycles. The number of rotatable bonds is 7. The molecule has 1 aliphatic rings. The molecule has 0 aliphatic carbocycles. The zero-order valence-corrected chi connectivity index (χ0v) is 20.1. The number of amides is 2. The molecule has 34 heavy (non-hydrogen) atoms. The maximum absolute atomic E-state index is 13.4. The Bertz CT molecular complexity index is 1250. The first-order chi connectivity index (χ1) is 16.2. The van der Waals surface area contributed by atoms with E-state index in [0.717, 1.165) is 11.1 Å². The molecule has 7 heteroatoms. The molecule has 0 bridgehead atoms. The van der Waals surface area contributed by atoms with E-state index in [1.807, 2.05) is 60.7 Å². The van der Waals surface area contributed by atoms with Crippen LogP contribution in [-0.2, 0) is 19.6 Å². The van der Waals surface area contributed by atoms with Crippen LogP contribution < -0.4 is 4.72 Å². The SMILES string of the molecule is Cc1ccccc1S(=O)(=O)NC(=O)C1(C)CCN1C(=O)CC(c1ccccc1)c1ccccc1. The van der Waals surface area contributed by atoms with Crippen LogP contribution in [-0.4, -0.2) is 37.2 Å². The molecule has 1 unspecified atom stereocenters. The number of hydrogen-bond acceptors (Lipinski definition) is 4. The summed E-state index contributed by atoms with van der Waals surface area (Å²) in [6.07, 6.45) is 0.580. The topological polar surface area (TPSA) is 83.6 Å². The highest BCUT2D eigenvalue weighted by molar-refractivity contribution is 7.90. The van der Waals surface area contributed by atoms with E-state index in [-0.39, 0.29) is 23.1 Å². The second-order valence-electron chi connectivity index (χ2n) is 8.85. The normalized spacial score (nSPS) is 17.8. The third-order valence-corrected chi connectivity index (χ3v) is 8.09. The summed E-state index contributed by atoms with van der Waals surface area (Å²) in [5.41, 5.74) is 1.35. The van der Waals surface area contributed by atoms with Crippen LogP contribution in [0.3, 0.4) is 0 Å². The Balaban J connectivity index is 1.53. The molecule has 1 aliphatic heterocycles. The number of aryl methyl sites for hydroxylation is 1. The van der Waals surface area contributed by atoms with Crippen molar-refractivity contribution in [1.29, 1.82) is 0 Å². The fourth-order valence-corrected chi connectivity index (χ4v) is 5.75. The number of hydrogen-bond donors (Lipinski definition) is 1. The highest BCUT2D eigenvalue weighted by Crippen LogP contribution is 2.35. The predicted molar refractivity (Wildman–Crippen MR) is 131 cm³/mol. The first-order valence-electron chi connectivity index (χ1n) is 11.3. The fraction of sp³-hybridized carbons (Fsp3) is 0.259.